The molecule has 0 rings (SSSR count). The molecule has 0 saturated carbocycles. The Hall–Kier alpha value is 0.250. The van der Waals surface area contributed by atoms with Crippen LogP contribution in [-0.4, -0.2) is 17.6 Å². The fourth-order valence-electron chi connectivity index (χ4n) is 2.86. The molecule has 0 fully saturated rings. The molecular formula is C19H39ClO. The van der Waals surface area contributed by atoms with E-state index in [1.54, 1.807) is 0 Å². The van der Waals surface area contributed by atoms with E-state index in [9.17, 15) is 0 Å². The van der Waals surface area contributed by atoms with Crippen LogP contribution in [-0.2, 0) is 0 Å². The van der Waals surface area contributed by atoms with Crippen LogP contribution >= 0.6 is 11.6 Å². The van der Waals surface area contributed by atoms with Gasteiger partial charge in [-0.2, -0.15) is 0 Å². The van der Waals surface area contributed by atoms with Gasteiger partial charge in [0.1, 0.15) is 0 Å². The molecule has 0 aliphatic heterocycles. The van der Waals surface area contributed by atoms with Gasteiger partial charge in [-0.05, 0) is 12.8 Å². The standard InChI is InChI=1S/C19H39ClO/c20-18-16-14-12-10-8-6-4-2-1-3-5-7-9-11-13-15-17-19-21/h21H,1-19H2. The smallest absolute Gasteiger partial charge is 0.0431 e. The SMILES string of the molecule is OCCCCCCCCCCCCCCCCCCCCl. The molecule has 0 spiro atoms. The zero-order chi connectivity index (χ0) is 15.4. The van der Waals surface area contributed by atoms with Crippen LogP contribution in [0, 0.1) is 0 Å². The van der Waals surface area contributed by atoms with Crippen molar-refractivity contribution in [2.75, 3.05) is 12.5 Å². The molecule has 0 radical (unpaired) electrons. The van der Waals surface area contributed by atoms with Gasteiger partial charge in [-0.3, -0.25) is 0 Å². The summed E-state index contributed by atoms with van der Waals surface area (Å²) in [5.74, 6) is 0.836. The van der Waals surface area contributed by atoms with Crippen LogP contribution in [0.25, 0.3) is 0 Å². The normalized spacial score (nSPS) is 11.1. The van der Waals surface area contributed by atoms with Crippen LogP contribution in [0.4, 0.5) is 0 Å². The Bertz CT molecular complexity index is 155. The lowest BCUT2D eigenvalue weighted by Crippen LogP contribution is -1.85. The molecule has 0 aliphatic rings. The first kappa shape index (κ1) is 21.2. The summed E-state index contributed by atoms with van der Waals surface area (Å²) < 4.78 is 0. The molecule has 0 aliphatic carbocycles. The van der Waals surface area contributed by atoms with Gasteiger partial charge in [0, 0.05) is 12.5 Å². The Morgan fingerprint density at radius 3 is 0.857 bits per heavy atom. The second-order valence-electron chi connectivity index (χ2n) is 6.42. The van der Waals surface area contributed by atoms with Crippen LogP contribution in [0.15, 0.2) is 0 Å². The van der Waals surface area contributed by atoms with Crippen LogP contribution in [0.5, 0.6) is 0 Å². The van der Waals surface area contributed by atoms with Crippen molar-refractivity contribution in [1.82, 2.24) is 0 Å². The summed E-state index contributed by atoms with van der Waals surface area (Å²) in [4.78, 5) is 0. The summed E-state index contributed by atoms with van der Waals surface area (Å²) in [7, 11) is 0. The van der Waals surface area contributed by atoms with E-state index in [-0.39, 0.29) is 0 Å². The summed E-state index contributed by atoms with van der Waals surface area (Å²) in [6, 6.07) is 0. The fraction of sp³-hybridized carbons (Fsp3) is 1.00. The molecule has 0 amide bonds. The van der Waals surface area contributed by atoms with Crippen molar-refractivity contribution in [3.8, 4) is 0 Å². The van der Waals surface area contributed by atoms with Gasteiger partial charge in [-0.1, -0.05) is 96.3 Å². The zero-order valence-corrected chi connectivity index (χ0v) is 15.0. The second kappa shape index (κ2) is 20.2. The van der Waals surface area contributed by atoms with Gasteiger partial charge < -0.3 is 5.11 Å². The maximum absolute atomic E-state index is 8.69. The summed E-state index contributed by atoms with van der Waals surface area (Å²) in [6.45, 7) is 0.368. The van der Waals surface area contributed by atoms with Gasteiger partial charge in [0.25, 0.3) is 0 Å². The highest BCUT2D eigenvalue weighted by Gasteiger charge is 1.94. The van der Waals surface area contributed by atoms with Gasteiger partial charge >= 0.3 is 0 Å². The van der Waals surface area contributed by atoms with Crippen LogP contribution < -0.4 is 0 Å². The Kier molecular flexibility index (Phi) is 20.5. The average molecular weight is 319 g/mol. The van der Waals surface area contributed by atoms with Crippen molar-refractivity contribution in [3.05, 3.63) is 0 Å². The van der Waals surface area contributed by atoms with Gasteiger partial charge in [-0.25, -0.2) is 0 Å². The Morgan fingerprint density at radius 1 is 0.381 bits per heavy atom. The number of unbranched alkanes of at least 4 members (excludes halogenated alkanes) is 16. The highest BCUT2D eigenvalue weighted by Crippen LogP contribution is 2.14. The Balaban J connectivity index is 2.90. The van der Waals surface area contributed by atoms with Crippen LogP contribution in [0.2, 0.25) is 0 Å². The van der Waals surface area contributed by atoms with Crippen LogP contribution in [0.3, 0.4) is 0 Å². The number of halogens is 1. The lowest BCUT2D eigenvalue weighted by Gasteiger charge is -2.03. The third-order valence-electron chi connectivity index (χ3n) is 4.29. The number of hydrogen-bond acceptors (Lipinski definition) is 1. The Morgan fingerprint density at radius 2 is 0.619 bits per heavy atom. The second-order valence-corrected chi connectivity index (χ2v) is 6.80. The largest absolute Gasteiger partial charge is 0.396 e. The number of hydrogen-bond donors (Lipinski definition) is 1. The molecule has 0 atom stereocenters. The molecule has 1 nitrogen and oxygen atoms in total. The van der Waals surface area contributed by atoms with Gasteiger partial charge in [-0.15, -0.1) is 11.6 Å². The Labute approximate surface area is 138 Å². The van der Waals surface area contributed by atoms with E-state index in [1.807, 2.05) is 0 Å². The minimum atomic E-state index is 0.368. The fourth-order valence-corrected chi connectivity index (χ4v) is 3.05. The lowest BCUT2D eigenvalue weighted by atomic mass is 10.0. The number of aliphatic hydroxyl groups is 1. The minimum absolute atomic E-state index is 0.368. The van der Waals surface area contributed by atoms with Crippen molar-refractivity contribution in [2.24, 2.45) is 0 Å². The molecule has 128 valence electrons. The van der Waals surface area contributed by atoms with Crippen molar-refractivity contribution in [1.29, 1.82) is 0 Å². The van der Waals surface area contributed by atoms with Crippen molar-refractivity contribution in [3.63, 3.8) is 0 Å². The third kappa shape index (κ3) is 20.2. The molecule has 1 N–H and O–H groups in total. The third-order valence-corrected chi connectivity index (χ3v) is 4.56. The number of rotatable bonds is 18. The lowest BCUT2D eigenvalue weighted by molar-refractivity contribution is 0.282. The summed E-state index contributed by atoms with van der Waals surface area (Å²) in [6.07, 6.45) is 23.1. The highest BCUT2D eigenvalue weighted by atomic mass is 35.5. The van der Waals surface area contributed by atoms with Crippen molar-refractivity contribution in [2.45, 2.75) is 109 Å². The van der Waals surface area contributed by atoms with E-state index < -0.39 is 0 Å². The maximum atomic E-state index is 8.69. The first-order valence-corrected chi connectivity index (χ1v) is 10.1. The molecule has 0 aromatic rings. The van der Waals surface area contributed by atoms with Gasteiger partial charge in [0.2, 0.25) is 0 Å². The average Bonchev–Trinajstić information content (AvgIpc) is 2.50. The summed E-state index contributed by atoms with van der Waals surface area (Å²) in [5, 5.41) is 8.69. The van der Waals surface area contributed by atoms with E-state index in [2.05, 4.69) is 0 Å². The molecular weight excluding hydrogens is 280 g/mol. The topological polar surface area (TPSA) is 20.2 Å². The number of aliphatic hydroxyl groups excluding tert-OH is 1. The van der Waals surface area contributed by atoms with E-state index in [0.717, 1.165) is 12.3 Å². The molecule has 0 aromatic carbocycles. The predicted octanol–water partition coefficient (Wildman–Crippen LogP) is 6.85. The monoisotopic (exact) mass is 318 g/mol. The molecule has 0 bridgehead atoms. The van der Waals surface area contributed by atoms with E-state index in [0.29, 0.717) is 6.61 Å². The van der Waals surface area contributed by atoms with E-state index in [4.69, 9.17) is 16.7 Å². The quantitative estimate of drug-likeness (QED) is 0.216. The molecule has 2 heteroatoms. The first-order chi connectivity index (χ1) is 10.4. The van der Waals surface area contributed by atoms with Gasteiger partial charge in [0.05, 0.1) is 0 Å². The van der Waals surface area contributed by atoms with Gasteiger partial charge in [0.15, 0.2) is 0 Å². The molecule has 0 unspecified atom stereocenters. The number of alkyl halides is 1. The summed E-state index contributed by atoms with van der Waals surface area (Å²) in [5.41, 5.74) is 0. The molecule has 0 saturated heterocycles. The first-order valence-electron chi connectivity index (χ1n) is 9.58. The summed E-state index contributed by atoms with van der Waals surface area (Å²) >= 11 is 5.66. The van der Waals surface area contributed by atoms with E-state index in [1.165, 1.54) is 103 Å². The van der Waals surface area contributed by atoms with Crippen LogP contribution in [0.1, 0.15) is 109 Å². The highest BCUT2D eigenvalue weighted by molar-refractivity contribution is 6.17. The van der Waals surface area contributed by atoms with Crippen molar-refractivity contribution >= 4 is 11.6 Å². The molecule has 0 heterocycles. The predicted molar refractivity (Wildman–Crippen MR) is 96.3 cm³/mol. The minimum Gasteiger partial charge on any atom is -0.396 e. The zero-order valence-electron chi connectivity index (χ0n) is 14.3. The maximum Gasteiger partial charge on any atom is 0.0431 e. The van der Waals surface area contributed by atoms with Crippen molar-refractivity contribution < 1.29 is 5.11 Å². The molecule has 21 heavy (non-hydrogen) atoms. The molecule has 0 aromatic heterocycles. The van der Waals surface area contributed by atoms with E-state index >= 15 is 0 Å².